The van der Waals surface area contributed by atoms with Crippen molar-refractivity contribution < 1.29 is 0 Å². The quantitative estimate of drug-likeness (QED) is 0.512. The molecule has 1 rings (SSSR count). The van der Waals surface area contributed by atoms with E-state index in [4.69, 9.17) is 0 Å². The maximum Gasteiger partial charge on any atom is -0.0127 e. The lowest BCUT2D eigenvalue weighted by Gasteiger charge is -2.16. The molecule has 0 N–H and O–H groups in total. The van der Waals surface area contributed by atoms with Crippen LogP contribution in [0, 0.1) is 0 Å². The van der Waals surface area contributed by atoms with Crippen LogP contribution >= 0.6 is 0 Å². The lowest BCUT2D eigenvalue weighted by molar-refractivity contribution is 0.619. The van der Waals surface area contributed by atoms with Crippen LogP contribution < -0.4 is 0 Å². The van der Waals surface area contributed by atoms with E-state index in [1.165, 1.54) is 30.4 Å². The third-order valence-corrected chi connectivity index (χ3v) is 3.53. The van der Waals surface area contributed by atoms with Crippen molar-refractivity contribution in [3.05, 3.63) is 47.5 Å². The predicted molar refractivity (Wildman–Crippen MR) is 82.2 cm³/mol. The zero-order valence-electron chi connectivity index (χ0n) is 12.4. The van der Waals surface area contributed by atoms with Crippen LogP contribution in [0.2, 0.25) is 0 Å². The van der Waals surface area contributed by atoms with E-state index in [1.54, 1.807) is 0 Å². The molecule has 0 fully saturated rings. The van der Waals surface area contributed by atoms with Crippen LogP contribution in [0.15, 0.2) is 36.4 Å². The van der Waals surface area contributed by atoms with Gasteiger partial charge in [-0.25, -0.2) is 0 Å². The van der Waals surface area contributed by atoms with Crippen molar-refractivity contribution in [1.29, 1.82) is 0 Å². The molecule has 0 aliphatic heterocycles. The number of hydrogen-bond acceptors (Lipinski definition) is 0. The fourth-order valence-corrected chi connectivity index (χ4v) is 2.35. The van der Waals surface area contributed by atoms with Gasteiger partial charge in [0.1, 0.15) is 0 Å². The summed E-state index contributed by atoms with van der Waals surface area (Å²) in [6.45, 7) is 8.98. The normalized spacial score (nSPS) is 13.4. The van der Waals surface area contributed by atoms with E-state index >= 15 is 0 Å². The third kappa shape index (κ3) is 4.68. The van der Waals surface area contributed by atoms with Gasteiger partial charge in [0.05, 0.1) is 0 Å². The van der Waals surface area contributed by atoms with Crippen molar-refractivity contribution in [1.82, 2.24) is 0 Å². The maximum atomic E-state index is 2.34. The molecule has 0 nitrogen and oxygen atoms in total. The van der Waals surface area contributed by atoms with Crippen LogP contribution in [0.25, 0.3) is 0 Å². The molecule has 0 aromatic heterocycles. The van der Waals surface area contributed by atoms with Gasteiger partial charge in [-0.3, -0.25) is 0 Å². The van der Waals surface area contributed by atoms with Gasteiger partial charge in [-0.15, -0.1) is 0 Å². The van der Waals surface area contributed by atoms with E-state index in [9.17, 15) is 0 Å². The average molecular weight is 244 g/mol. The molecular formula is C18H28. The van der Waals surface area contributed by atoms with Gasteiger partial charge in [0, 0.05) is 0 Å². The van der Waals surface area contributed by atoms with E-state index in [2.05, 4.69) is 64.1 Å². The average Bonchev–Trinajstić information content (AvgIpc) is 2.38. The predicted octanol–water partition coefficient (Wildman–Crippen LogP) is 6.05. The number of rotatable bonds is 7. The first-order valence-corrected chi connectivity index (χ1v) is 7.43. The second-order valence-electron chi connectivity index (χ2n) is 5.42. The van der Waals surface area contributed by atoms with Crippen LogP contribution in [-0.4, -0.2) is 0 Å². The third-order valence-electron chi connectivity index (χ3n) is 3.53. The Bertz CT molecular complexity index is 343. The molecule has 0 aliphatic rings. The van der Waals surface area contributed by atoms with Gasteiger partial charge in [0.25, 0.3) is 0 Å². The van der Waals surface area contributed by atoms with Gasteiger partial charge in [-0.2, -0.15) is 0 Å². The Kier molecular flexibility index (Phi) is 6.78. The van der Waals surface area contributed by atoms with Gasteiger partial charge in [-0.1, -0.05) is 70.5 Å². The highest BCUT2D eigenvalue weighted by molar-refractivity contribution is 5.27. The van der Waals surface area contributed by atoms with Crippen LogP contribution in [0.4, 0.5) is 0 Å². The van der Waals surface area contributed by atoms with Crippen molar-refractivity contribution in [2.75, 3.05) is 0 Å². The van der Waals surface area contributed by atoms with Gasteiger partial charge >= 0.3 is 0 Å². The molecule has 0 amide bonds. The van der Waals surface area contributed by atoms with E-state index < -0.39 is 0 Å². The molecule has 18 heavy (non-hydrogen) atoms. The van der Waals surface area contributed by atoms with Gasteiger partial charge in [0.2, 0.25) is 0 Å². The fourth-order valence-electron chi connectivity index (χ4n) is 2.35. The van der Waals surface area contributed by atoms with E-state index in [0.29, 0.717) is 11.8 Å². The molecule has 0 spiro atoms. The number of hydrogen-bond donors (Lipinski definition) is 0. The van der Waals surface area contributed by atoms with Crippen molar-refractivity contribution in [3.8, 4) is 0 Å². The molecule has 1 unspecified atom stereocenters. The molecular weight excluding hydrogens is 216 g/mol. The largest absolute Gasteiger partial charge is 0.0888 e. The highest BCUT2D eigenvalue weighted by Crippen LogP contribution is 2.27. The lowest BCUT2D eigenvalue weighted by atomic mass is 9.89. The van der Waals surface area contributed by atoms with Crippen molar-refractivity contribution in [3.63, 3.8) is 0 Å². The molecule has 0 bridgehead atoms. The van der Waals surface area contributed by atoms with E-state index in [0.717, 1.165) is 6.42 Å². The molecule has 0 radical (unpaired) electrons. The Morgan fingerprint density at radius 1 is 0.944 bits per heavy atom. The van der Waals surface area contributed by atoms with Gasteiger partial charge < -0.3 is 0 Å². The minimum absolute atomic E-state index is 0.628. The zero-order chi connectivity index (χ0) is 13.4. The first kappa shape index (κ1) is 15.0. The molecule has 100 valence electrons. The van der Waals surface area contributed by atoms with E-state index in [-0.39, 0.29) is 0 Å². The molecule has 0 saturated heterocycles. The van der Waals surface area contributed by atoms with Crippen LogP contribution in [0.5, 0.6) is 0 Å². The van der Waals surface area contributed by atoms with Crippen molar-refractivity contribution >= 4 is 0 Å². The molecule has 0 aliphatic carbocycles. The van der Waals surface area contributed by atoms with Crippen LogP contribution in [0.1, 0.15) is 76.3 Å². The summed E-state index contributed by atoms with van der Waals surface area (Å²) in [4.78, 5) is 0. The Morgan fingerprint density at radius 2 is 1.56 bits per heavy atom. The van der Waals surface area contributed by atoms with Gasteiger partial charge in [0.15, 0.2) is 0 Å². The molecule has 1 aromatic rings. The summed E-state index contributed by atoms with van der Waals surface area (Å²) in [5.41, 5.74) is 2.94. The molecule has 1 atom stereocenters. The Balaban J connectivity index is 2.75. The summed E-state index contributed by atoms with van der Waals surface area (Å²) >= 11 is 0. The minimum Gasteiger partial charge on any atom is -0.0888 e. The van der Waals surface area contributed by atoms with E-state index in [1.807, 2.05) is 0 Å². The molecule has 0 saturated carbocycles. The summed E-state index contributed by atoms with van der Waals surface area (Å²) in [5, 5.41) is 0. The Morgan fingerprint density at radius 3 is 2.06 bits per heavy atom. The monoisotopic (exact) mass is 244 g/mol. The first-order chi connectivity index (χ1) is 8.69. The van der Waals surface area contributed by atoms with Crippen LogP contribution in [-0.2, 0) is 0 Å². The standard InChI is InChI=1S/C18H28/c1-5-7-8-10-17(9-6-2)18-13-11-16(12-14-18)15(3)4/h7-8,11-15,17H,5-6,9-10H2,1-4H3/b8-7-. The molecule has 0 heteroatoms. The molecule has 0 heterocycles. The summed E-state index contributed by atoms with van der Waals surface area (Å²) < 4.78 is 0. The molecule has 1 aromatic carbocycles. The number of allylic oxidation sites excluding steroid dienone is 2. The number of benzene rings is 1. The summed E-state index contributed by atoms with van der Waals surface area (Å²) in [7, 11) is 0. The van der Waals surface area contributed by atoms with Gasteiger partial charge in [-0.05, 0) is 42.2 Å². The summed E-state index contributed by atoms with van der Waals surface area (Å²) in [5.74, 6) is 1.32. The Hall–Kier alpha value is -1.04. The summed E-state index contributed by atoms with van der Waals surface area (Å²) in [6.07, 6.45) is 9.50. The van der Waals surface area contributed by atoms with Crippen molar-refractivity contribution in [2.45, 2.75) is 65.2 Å². The Labute approximate surface area is 113 Å². The second-order valence-corrected chi connectivity index (χ2v) is 5.42. The minimum atomic E-state index is 0.628. The summed E-state index contributed by atoms with van der Waals surface area (Å²) in [6, 6.07) is 9.25. The van der Waals surface area contributed by atoms with Crippen LogP contribution in [0.3, 0.4) is 0 Å². The lowest BCUT2D eigenvalue weighted by Crippen LogP contribution is -1.98. The first-order valence-electron chi connectivity index (χ1n) is 7.43. The zero-order valence-corrected chi connectivity index (χ0v) is 12.4. The maximum absolute atomic E-state index is 2.34. The smallest absolute Gasteiger partial charge is 0.0127 e. The highest BCUT2D eigenvalue weighted by atomic mass is 14.1. The second kappa shape index (κ2) is 8.13. The fraction of sp³-hybridized carbons (Fsp3) is 0.556. The topological polar surface area (TPSA) is 0 Å². The SMILES string of the molecule is CC/C=C\CC(CCC)c1ccc(C(C)C)cc1. The van der Waals surface area contributed by atoms with Crippen molar-refractivity contribution in [2.24, 2.45) is 0 Å². The highest BCUT2D eigenvalue weighted by Gasteiger charge is 2.09.